The lowest BCUT2D eigenvalue weighted by Crippen LogP contribution is -2.53. The van der Waals surface area contributed by atoms with E-state index in [-0.39, 0.29) is 31.1 Å². The van der Waals surface area contributed by atoms with E-state index in [0.717, 1.165) is 5.01 Å². The first kappa shape index (κ1) is 30.1. The number of amides is 4. The van der Waals surface area contributed by atoms with Gasteiger partial charge in [0.05, 0.1) is 35.5 Å². The van der Waals surface area contributed by atoms with Crippen LogP contribution in [0.25, 0.3) is 0 Å². The average molecular weight is 646 g/mol. The molecule has 2 aliphatic heterocycles. The minimum Gasteiger partial charge on any atom is -0.491 e. The Balaban J connectivity index is 1.48. The summed E-state index contributed by atoms with van der Waals surface area (Å²) in [5, 5.41) is 21.5. The van der Waals surface area contributed by atoms with Gasteiger partial charge in [-0.05, 0) is 66.8 Å². The molecular formula is C34H29ClFN3O7. The lowest BCUT2D eigenvalue weighted by molar-refractivity contribution is -0.173. The quantitative estimate of drug-likeness (QED) is 0.197. The Morgan fingerprint density at radius 2 is 1.65 bits per heavy atom. The van der Waals surface area contributed by atoms with Crippen LogP contribution in [0.1, 0.15) is 29.9 Å². The molecule has 2 heterocycles. The lowest BCUT2D eigenvalue weighted by Gasteiger charge is -2.50. The molecule has 0 unspecified atom stereocenters. The monoisotopic (exact) mass is 645 g/mol. The van der Waals surface area contributed by atoms with Crippen LogP contribution in [0.2, 0.25) is 5.02 Å². The van der Waals surface area contributed by atoms with Crippen LogP contribution in [-0.4, -0.2) is 57.2 Å². The van der Waals surface area contributed by atoms with E-state index < -0.39 is 64.5 Å². The Bertz CT molecular complexity index is 1780. The lowest BCUT2D eigenvalue weighted by atomic mass is 9.49. The number of fused-ring (bicyclic) bond motifs is 4. The number of aliphatic hydroxyl groups is 1. The molecule has 0 spiro atoms. The molecule has 6 atom stereocenters. The highest BCUT2D eigenvalue weighted by Gasteiger charge is 2.70. The van der Waals surface area contributed by atoms with Gasteiger partial charge in [0.1, 0.15) is 18.2 Å². The van der Waals surface area contributed by atoms with Crippen LogP contribution in [0, 0.1) is 29.5 Å². The number of hydrazine groups is 1. The Morgan fingerprint density at radius 1 is 0.935 bits per heavy atom. The Kier molecular flexibility index (Phi) is 7.42. The van der Waals surface area contributed by atoms with Crippen LogP contribution in [-0.2, 0) is 24.6 Å². The van der Waals surface area contributed by atoms with Gasteiger partial charge in [-0.1, -0.05) is 53.6 Å². The maximum Gasteiger partial charge on any atom is 0.260 e. The van der Waals surface area contributed by atoms with E-state index in [0.29, 0.717) is 33.2 Å². The van der Waals surface area contributed by atoms with Crippen molar-refractivity contribution in [1.82, 2.24) is 10.1 Å². The second kappa shape index (κ2) is 11.3. The molecule has 12 heteroatoms. The summed E-state index contributed by atoms with van der Waals surface area (Å²) in [6, 6.07) is 18.9. The number of imide groups is 2. The number of hydrogen-bond acceptors (Lipinski definition) is 8. The van der Waals surface area contributed by atoms with Crippen LogP contribution in [0.15, 0.2) is 84.4 Å². The summed E-state index contributed by atoms with van der Waals surface area (Å²) in [5.41, 5.74) is 3.35. The van der Waals surface area contributed by atoms with Gasteiger partial charge >= 0.3 is 0 Å². The van der Waals surface area contributed by atoms with Gasteiger partial charge in [-0.2, -0.15) is 10.1 Å². The van der Waals surface area contributed by atoms with Crippen LogP contribution >= 0.6 is 11.6 Å². The van der Waals surface area contributed by atoms with E-state index in [4.69, 9.17) is 16.3 Å². The predicted molar refractivity (Wildman–Crippen MR) is 162 cm³/mol. The molecule has 0 bridgehead atoms. The zero-order valence-electron chi connectivity index (χ0n) is 24.3. The van der Waals surface area contributed by atoms with E-state index >= 15 is 4.79 Å². The van der Waals surface area contributed by atoms with Crippen molar-refractivity contribution in [2.45, 2.75) is 24.2 Å². The third kappa shape index (κ3) is 4.37. The zero-order chi connectivity index (χ0) is 32.3. The molecular weight excluding hydrogens is 617 g/mol. The fraction of sp³-hybridized carbons (Fsp3) is 0.294. The number of hydrogen-bond donors (Lipinski definition) is 3. The van der Waals surface area contributed by atoms with Gasteiger partial charge in [0.25, 0.3) is 23.6 Å². The van der Waals surface area contributed by atoms with Crippen molar-refractivity contribution in [3.63, 3.8) is 0 Å². The summed E-state index contributed by atoms with van der Waals surface area (Å²) in [6.07, 6.45) is 2.03. The van der Waals surface area contributed by atoms with Crippen molar-refractivity contribution in [1.29, 1.82) is 0 Å². The number of nitrogens with one attached hydrogen (secondary N) is 1. The Morgan fingerprint density at radius 3 is 2.37 bits per heavy atom. The van der Waals surface area contributed by atoms with Gasteiger partial charge < -0.3 is 9.84 Å². The number of anilines is 1. The van der Waals surface area contributed by atoms with Crippen molar-refractivity contribution >= 4 is 40.9 Å². The largest absolute Gasteiger partial charge is 0.491 e. The molecule has 2 saturated heterocycles. The molecule has 3 fully saturated rings. The molecule has 3 N–H and O–H groups in total. The Labute approximate surface area is 267 Å². The number of carbonyl (C=O) groups excluding carboxylic acids is 4. The number of benzene rings is 3. The first-order chi connectivity index (χ1) is 22.2. The molecule has 1 saturated carbocycles. The van der Waals surface area contributed by atoms with Crippen LogP contribution in [0.5, 0.6) is 5.75 Å². The van der Waals surface area contributed by atoms with E-state index in [1.54, 1.807) is 48.5 Å². The molecule has 4 aliphatic rings. The third-order valence-electron chi connectivity index (χ3n) is 9.81. The standard InChI is InChI=1S/C34H29ClFN3O7/c35-19-7-5-18(6-8-19)34-26(31(42)38(33(34)44)37-21-11-9-20(36)10-12-21)17-25-22(13-14-24-28(25)32(43)39(45)30(24)41)29(34)23-3-1-2-4-27(23)46-16-15-40/h1-13,24-26,28-29,37,40,45H,14-17H2/t24-,25+,26-,28-,29+,34+/m0/s1. The molecule has 3 aromatic rings. The molecule has 236 valence electrons. The summed E-state index contributed by atoms with van der Waals surface area (Å²) in [7, 11) is 0. The highest BCUT2D eigenvalue weighted by Crippen LogP contribution is 2.64. The first-order valence-corrected chi connectivity index (χ1v) is 15.3. The number of para-hydroxylation sites is 1. The summed E-state index contributed by atoms with van der Waals surface area (Å²) >= 11 is 6.30. The van der Waals surface area contributed by atoms with Gasteiger partial charge in [-0.3, -0.25) is 29.8 Å². The van der Waals surface area contributed by atoms with E-state index in [1.165, 1.54) is 24.3 Å². The summed E-state index contributed by atoms with van der Waals surface area (Å²) in [5.74, 6) is -7.03. The van der Waals surface area contributed by atoms with Gasteiger partial charge in [0, 0.05) is 16.5 Å². The molecule has 0 aromatic heterocycles. The molecule has 3 aromatic carbocycles. The average Bonchev–Trinajstić information content (AvgIpc) is 3.41. The Hall–Kier alpha value is -4.58. The second-order valence-electron chi connectivity index (χ2n) is 12.0. The first-order valence-electron chi connectivity index (χ1n) is 14.9. The van der Waals surface area contributed by atoms with Crippen LogP contribution in [0.4, 0.5) is 10.1 Å². The SMILES string of the molecule is O=C1[C@H]2[C@H](CC=C3[C@H]2C[C@H]2C(=O)N(Nc4ccc(F)cc4)C(=O)[C@@]2(c2ccc(Cl)cc2)[C@H]3c2ccccc2OCCO)C(=O)N1O. The van der Waals surface area contributed by atoms with Gasteiger partial charge in [0.2, 0.25) is 0 Å². The number of hydroxylamine groups is 2. The van der Waals surface area contributed by atoms with Gasteiger partial charge in [-0.15, -0.1) is 0 Å². The smallest absolute Gasteiger partial charge is 0.260 e. The van der Waals surface area contributed by atoms with Crippen LogP contribution in [0.3, 0.4) is 0 Å². The number of ether oxygens (including phenoxy) is 1. The van der Waals surface area contributed by atoms with Crippen molar-refractivity contribution in [3.8, 4) is 5.75 Å². The maximum absolute atomic E-state index is 15.1. The fourth-order valence-electron chi connectivity index (χ4n) is 7.99. The highest BCUT2D eigenvalue weighted by molar-refractivity contribution is 6.30. The number of nitrogens with zero attached hydrogens (tertiary/aromatic N) is 2. The number of halogens is 2. The molecule has 10 nitrogen and oxygen atoms in total. The number of rotatable bonds is 7. The zero-order valence-corrected chi connectivity index (χ0v) is 25.1. The maximum atomic E-state index is 15.1. The van der Waals surface area contributed by atoms with E-state index in [1.807, 2.05) is 6.08 Å². The minimum absolute atomic E-state index is 0.0326. The summed E-state index contributed by atoms with van der Waals surface area (Å²) < 4.78 is 19.7. The van der Waals surface area contributed by atoms with Crippen molar-refractivity contribution in [3.05, 3.63) is 106 Å². The number of allylic oxidation sites excluding steroid dienone is 2. The number of carbonyl (C=O) groups is 4. The molecule has 0 radical (unpaired) electrons. The topological polar surface area (TPSA) is 136 Å². The van der Waals surface area contributed by atoms with Crippen molar-refractivity contribution < 1.29 is 38.6 Å². The fourth-order valence-corrected chi connectivity index (χ4v) is 8.12. The van der Waals surface area contributed by atoms with Crippen molar-refractivity contribution in [2.24, 2.45) is 23.7 Å². The summed E-state index contributed by atoms with van der Waals surface area (Å²) in [6.45, 7) is -0.305. The molecule has 4 amide bonds. The normalized spacial score (nSPS) is 28.5. The highest BCUT2D eigenvalue weighted by atomic mass is 35.5. The number of aliphatic hydroxyl groups excluding tert-OH is 1. The van der Waals surface area contributed by atoms with Crippen LogP contribution < -0.4 is 10.2 Å². The molecule has 7 rings (SSSR count). The second-order valence-corrected chi connectivity index (χ2v) is 12.4. The van der Waals surface area contributed by atoms with Gasteiger partial charge in [0.15, 0.2) is 0 Å². The van der Waals surface area contributed by atoms with Gasteiger partial charge in [-0.25, -0.2) is 4.39 Å². The van der Waals surface area contributed by atoms with Crippen molar-refractivity contribution in [2.75, 3.05) is 18.6 Å². The third-order valence-corrected chi connectivity index (χ3v) is 10.1. The molecule has 2 aliphatic carbocycles. The van der Waals surface area contributed by atoms with E-state index in [9.17, 15) is 29.1 Å². The molecule has 46 heavy (non-hydrogen) atoms. The predicted octanol–water partition coefficient (Wildman–Crippen LogP) is 4.22. The minimum atomic E-state index is -1.58. The summed E-state index contributed by atoms with van der Waals surface area (Å²) in [4.78, 5) is 55.9. The van der Waals surface area contributed by atoms with E-state index in [2.05, 4.69) is 5.43 Å².